The Kier molecular flexibility index (Phi) is 3.72. The van der Waals surface area contributed by atoms with Gasteiger partial charge in [0, 0.05) is 37.8 Å². The van der Waals surface area contributed by atoms with Crippen molar-refractivity contribution in [1.82, 2.24) is 15.0 Å². The number of halogens is 2. The Morgan fingerprint density at radius 3 is 2.64 bits per heavy atom. The molecule has 5 rings (SSSR count). The summed E-state index contributed by atoms with van der Waals surface area (Å²) >= 11 is 12.0. The molecule has 3 fully saturated rings. The van der Waals surface area contributed by atoms with Gasteiger partial charge in [-0.15, -0.1) is 0 Å². The molecule has 3 aliphatic heterocycles. The standard InChI is InChI=1S/C15H16Cl2N4O/c16-12-2-1-10(9-13(12)17)14-18-15(19-22-14)21-8-7-20-5-3-11(21)4-6-20/h1-2,9,11H,3-8H2. The highest BCUT2D eigenvalue weighted by atomic mass is 35.5. The first-order valence-corrected chi connectivity index (χ1v) is 8.24. The fraction of sp³-hybridized carbons (Fsp3) is 0.467. The molecule has 2 aromatic rings. The summed E-state index contributed by atoms with van der Waals surface area (Å²) in [6.07, 6.45) is 2.33. The lowest BCUT2D eigenvalue weighted by molar-refractivity contribution is 0.250. The van der Waals surface area contributed by atoms with Crippen LogP contribution >= 0.6 is 23.2 Å². The van der Waals surface area contributed by atoms with Gasteiger partial charge in [-0.2, -0.15) is 4.98 Å². The third-order valence-electron chi connectivity index (χ3n) is 4.49. The van der Waals surface area contributed by atoms with Crippen LogP contribution in [-0.2, 0) is 0 Å². The Bertz CT molecular complexity index is 682. The molecule has 7 heteroatoms. The van der Waals surface area contributed by atoms with Gasteiger partial charge in [-0.1, -0.05) is 23.2 Å². The molecular formula is C15H16Cl2N4O. The van der Waals surface area contributed by atoms with Crippen molar-refractivity contribution in [3.05, 3.63) is 28.2 Å². The fourth-order valence-corrected chi connectivity index (χ4v) is 3.53. The lowest BCUT2D eigenvalue weighted by atomic mass is 10.1. The lowest BCUT2D eigenvalue weighted by Gasteiger charge is -2.30. The molecule has 22 heavy (non-hydrogen) atoms. The van der Waals surface area contributed by atoms with Crippen LogP contribution in [0.15, 0.2) is 22.7 Å². The van der Waals surface area contributed by atoms with E-state index in [2.05, 4.69) is 19.9 Å². The van der Waals surface area contributed by atoms with Crippen molar-refractivity contribution in [3.8, 4) is 11.5 Å². The molecule has 1 aromatic heterocycles. The molecule has 0 saturated carbocycles. The molecule has 0 unspecified atom stereocenters. The number of anilines is 1. The number of aromatic nitrogens is 2. The summed E-state index contributed by atoms with van der Waals surface area (Å²) in [5.41, 5.74) is 0.788. The smallest absolute Gasteiger partial charge is 0.266 e. The molecule has 1 aromatic carbocycles. The van der Waals surface area contributed by atoms with Crippen LogP contribution in [0, 0.1) is 0 Å². The number of hydrogen-bond donors (Lipinski definition) is 0. The second-order valence-corrected chi connectivity index (χ2v) is 6.61. The van der Waals surface area contributed by atoms with Crippen LogP contribution in [-0.4, -0.2) is 47.3 Å². The maximum atomic E-state index is 6.05. The zero-order valence-electron chi connectivity index (χ0n) is 12.0. The Labute approximate surface area is 138 Å². The minimum atomic E-state index is 0.479. The van der Waals surface area contributed by atoms with E-state index in [0.29, 0.717) is 27.9 Å². The highest BCUT2D eigenvalue weighted by Crippen LogP contribution is 2.30. The molecule has 116 valence electrons. The summed E-state index contributed by atoms with van der Waals surface area (Å²) < 4.78 is 5.43. The number of fused-ring (bicyclic) bond motifs is 4. The molecule has 0 amide bonds. The molecule has 2 bridgehead atoms. The number of hydrogen-bond acceptors (Lipinski definition) is 5. The van der Waals surface area contributed by atoms with Crippen LogP contribution in [0.4, 0.5) is 5.95 Å². The van der Waals surface area contributed by atoms with Crippen LogP contribution < -0.4 is 4.90 Å². The molecule has 5 nitrogen and oxygen atoms in total. The molecule has 0 aliphatic carbocycles. The summed E-state index contributed by atoms with van der Waals surface area (Å²) in [5, 5.41) is 5.18. The van der Waals surface area contributed by atoms with E-state index >= 15 is 0 Å². The van der Waals surface area contributed by atoms with Crippen molar-refractivity contribution in [1.29, 1.82) is 0 Å². The highest BCUT2D eigenvalue weighted by molar-refractivity contribution is 6.42. The number of piperidine rings is 1. The van der Waals surface area contributed by atoms with E-state index in [1.807, 2.05) is 6.07 Å². The topological polar surface area (TPSA) is 45.4 Å². The first-order chi connectivity index (χ1) is 10.7. The molecular weight excluding hydrogens is 323 g/mol. The second kappa shape index (κ2) is 5.72. The Morgan fingerprint density at radius 2 is 1.86 bits per heavy atom. The molecule has 0 spiro atoms. The largest absolute Gasteiger partial charge is 0.334 e. The van der Waals surface area contributed by atoms with E-state index in [1.54, 1.807) is 12.1 Å². The van der Waals surface area contributed by atoms with E-state index in [9.17, 15) is 0 Å². The molecule has 3 saturated heterocycles. The van der Waals surface area contributed by atoms with Gasteiger partial charge in [0.1, 0.15) is 0 Å². The van der Waals surface area contributed by atoms with Crippen molar-refractivity contribution >= 4 is 29.2 Å². The van der Waals surface area contributed by atoms with Crippen molar-refractivity contribution in [2.24, 2.45) is 0 Å². The zero-order valence-corrected chi connectivity index (χ0v) is 13.5. The van der Waals surface area contributed by atoms with Gasteiger partial charge in [-0.3, -0.25) is 0 Å². The minimum absolute atomic E-state index is 0.479. The van der Waals surface area contributed by atoms with E-state index in [1.165, 1.54) is 13.1 Å². The van der Waals surface area contributed by atoms with E-state index in [-0.39, 0.29) is 0 Å². The van der Waals surface area contributed by atoms with Crippen molar-refractivity contribution < 1.29 is 4.52 Å². The monoisotopic (exact) mass is 338 g/mol. The third kappa shape index (κ3) is 2.57. The maximum absolute atomic E-state index is 6.05. The first-order valence-electron chi connectivity index (χ1n) is 7.49. The summed E-state index contributed by atoms with van der Waals surface area (Å²) in [7, 11) is 0. The quantitative estimate of drug-likeness (QED) is 0.840. The molecule has 0 atom stereocenters. The third-order valence-corrected chi connectivity index (χ3v) is 5.23. The lowest BCUT2D eigenvalue weighted by Crippen LogP contribution is -2.38. The van der Waals surface area contributed by atoms with Gasteiger partial charge in [0.2, 0.25) is 0 Å². The van der Waals surface area contributed by atoms with Crippen molar-refractivity contribution in [2.75, 3.05) is 31.1 Å². The molecule has 0 N–H and O–H groups in total. The maximum Gasteiger partial charge on any atom is 0.266 e. The zero-order chi connectivity index (χ0) is 15.1. The summed E-state index contributed by atoms with van der Waals surface area (Å²) in [5.74, 6) is 1.16. The normalized spacial score (nSPS) is 24.5. The predicted molar refractivity (Wildman–Crippen MR) is 86.6 cm³/mol. The van der Waals surface area contributed by atoms with Gasteiger partial charge in [-0.05, 0) is 36.2 Å². The Morgan fingerprint density at radius 1 is 1.05 bits per heavy atom. The van der Waals surface area contributed by atoms with Crippen LogP contribution in [0.25, 0.3) is 11.5 Å². The van der Waals surface area contributed by atoms with Gasteiger partial charge in [0.05, 0.1) is 10.0 Å². The first kappa shape index (κ1) is 14.3. The average Bonchev–Trinajstić information content (AvgIpc) is 2.83. The SMILES string of the molecule is Clc1ccc(-c2nc(N3CCN4CCC3CC4)no2)cc1Cl. The Hall–Kier alpha value is -1.30. The average molecular weight is 339 g/mol. The van der Waals surface area contributed by atoms with E-state index in [4.69, 9.17) is 27.7 Å². The van der Waals surface area contributed by atoms with Gasteiger partial charge in [-0.25, -0.2) is 0 Å². The van der Waals surface area contributed by atoms with Gasteiger partial charge >= 0.3 is 0 Å². The van der Waals surface area contributed by atoms with Crippen LogP contribution in [0.1, 0.15) is 12.8 Å². The predicted octanol–water partition coefficient (Wildman–Crippen LogP) is 3.33. The molecule has 4 heterocycles. The van der Waals surface area contributed by atoms with Gasteiger partial charge < -0.3 is 14.3 Å². The van der Waals surface area contributed by atoms with Crippen molar-refractivity contribution in [3.63, 3.8) is 0 Å². The second-order valence-electron chi connectivity index (χ2n) is 5.79. The van der Waals surface area contributed by atoms with Crippen LogP contribution in [0.5, 0.6) is 0 Å². The summed E-state index contributed by atoms with van der Waals surface area (Å²) in [6.45, 7) is 4.34. The minimum Gasteiger partial charge on any atom is -0.334 e. The highest BCUT2D eigenvalue weighted by Gasteiger charge is 2.31. The van der Waals surface area contributed by atoms with E-state index < -0.39 is 0 Å². The van der Waals surface area contributed by atoms with Crippen LogP contribution in [0.3, 0.4) is 0 Å². The van der Waals surface area contributed by atoms with Gasteiger partial charge in [0.25, 0.3) is 11.8 Å². The Balaban J connectivity index is 1.62. The molecule has 0 radical (unpaired) electrons. The van der Waals surface area contributed by atoms with E-state index in [0.717, 1.165) is 31.5 Å². The van der Waals surface area contributed by atoms with Crippen molar-refractivity contribution in [2.45, 2.75) is 18.9 Å². The summed E-state index contributed by atoms with van der Waals surface area (Å²) in [4.78, 5) is 9.33. The number of nitrogens with zero attached hydrogens (tertiary/aromatic N) is 4. The molecule has 3 aliphatic rings. The van der Waals surface area contributed by atoms with Gasteiger partial charge in [0.15, 0.2) is 0 Å². The fourth-order valence-electron chi connectivity index (χ4n) is 3.23. The number of rotatable bonds is 2. The number of benzene rings is 1. The van der Waals surface area contributed by atoms with Crippen LogP contribution in [0.2, 0.25) is 10.0 Å². The summed E-state index contributed by atoms with van der Waals surface area (Å²) in [6, 6.07) is 5.84.